The van der Waals surface area contributed by atoms with Crippen LogP contribution in [0.25, 0.3) is 0 Å². The van der Waals surface area contributed by atoms with Crippen molar-refractivity contribution in [1.29, 1.82) is 0 Å². The van der Waals surface area contributed by atoms with Gasteiger partial charge in [0.25, 0.3) is 5.91 Å². The first-order valence-corrected chi connectivity index (χ1v) is 13.1. The van der Waals surface area contributed by atoms with E-state index in [-0.39, 0.29) is 27.4 Å². The van der Waals surface area contributed by atoms with Gasteiger partial charge in [0.1, 0.15) is 10.9 Å². The third kappa shape index (κ3) is 5.93. The molecule has 1 aliphatic carbocycles. The van der Waals surface area contributed by atoms with E-state index in [1.165, 1.54) is 22.5 Å². The number of hydrogen-bond acceptors (Lipinski definition) is 4. The normalized spacial score (nSPS) is 17.8. The average Bonchev–Trinajstić information content (AvgIpc) is 3.64. The van der Waals surface area contributed by atoms with Crippen LogP contribution in [0, 0.1) is 0 Å². The molecule has 7 nitrogen and oxygen atoms in total. The lowest BCUT2D eigenvalue weighted by Crippen LogP contribution is -2.48. The number of carbonyl (C=O) groups excluding carboxylic acids is 2. The first kappa shape index (κ1) is 23.7. The zero-order valence-corrected chi connectivity index (χ0v) is 19.9. The minimum atomic E-state index is -3.81. The van der Waals surface area contributed by atoms with Gasteiger partial charge in [0.15, 0.2) is 0 Å². The van der Waals surface area contributed by atoms with Crippen LogP contribution >= 0.6 is 11.6 Å². The molecule has 176 valence electrons. The van der Waals surface area contributed by atoms with Crippen molar-refractivity contribution < 1.29 is 18.0 Å². The Bertz CT molecular complexity index is 1110. The lowest BCUT2D eigenvalue weighted by molar-refractivity contribution is -0.123. The Hall–Kier alpha value is -2.42. The van der Waals surface area contributed by atoms with Crippen molar-refractivity contribution in [2.24, 2.45) is 0 Å². The van der Waals surface area contributed by atoms with Gasteiger partial charge < -0.3 is 10.6 Å². The maximum atomic E-state index is 13.1. The zero-order chi connectivity index (χ0) is 23.4. The summed E-state index contributed by atoms with van der Waals surface area (Å²) in [5.74, 6) is -0.765. The molecular formula is C24H28ClN3O4S. The van der Waals surface area contributed by atoms with Crippen LogP contribution < -0.4 is 10.6 Å². The highest BCUT2D eigenvalue weighted by Gasteiger charge is 2.31. The highest BCUT2D eigenvalue weighted by atomic mass is 35.5. The van der Waals surface area contributed by atoms with Crippen molar-refractivity contribution in [3.05, 3.63) is 64.7 Å². The fourth-order valence-corrected chi connectivity index (χ4v) is 5.93. The van der Waals surface area contributed by atoms with Crippen LogP contribution in [-0.2, 0) is 21.2 Å². The predicted molar refractivity (Wildman–Crippen MR) is 127 cm³/mol. The van der Waals surface area contributed by atoms with Gasteiger partial charge in [0.05, 0.1) is 5.02 Å². The number of nitrogens with one attached hydrogen (secondary N) is 2. The van der Waals surface area contributed by atoms with E-state index in [2.05, 4.69) is 10.6 Å². The Balaban J connectivity index is 1.55. The minimum absolute atomic E-state index is 0.0736. The van der Waals surface area contributed by atoms with E-state index in [0.717, 1.165) is 37.7 Å². The highest BCUT2D eigenvalue weighted by Crippen LogP contribution is 2.28. The lowest BCUT2D eigenvalue weighted by atomic mass is 10.0. The second-order valence-corrected chi connectivity index (χ2v) is 10.9. The van der Waals surface area contributed by atoms with Gasteiger partial charge in [-0.15, -0.1) is 0 Å². The van der Waals surface area contributed by atoms with E-state index in [9.17, 15) is 18.0 Å². The van der Waals surface area contributed by atoms with Crippen molar-refractivity contribution in [3.8, 4) is 0 Å². The van der Waals surface area contributed by atoms with E-state index >= 15 is 0 Å². The molecule has 33 heavy (non-hydrogen) atoms. The third-order valence-electron chi connectivity index (χ3n) is 5.95. The Morgan fingerprint density at radius 2 is 1.73 bits per heavy atom. The quantitative estimate of drug-likeness (QED) is 0.595. The van der Waals surface area contributed by atoms with Gasteiger partial charge in [-0.3, -0.25) is 9.59 Å². The molecule has 4 rings (SSSR count). The number of sulfonamides is 1. The van der Waals surface area contributed by atoms with Crippen LogP contribution in [-0.4, -0.2) is 49.7 Å². The molecule has 1 unspecified atom stereocenters. The largest absolute Gasteiger partial charge is 0.352 e. The van der Waals surface area contributed by atoms with Gasteiger partial charge in [0, 0.05) is 31.1 Å². The molecule has 1 aliphatic heterocycles. The summed E-state index contributed by atoms with van der Waals surface area (Å²) in [6, 6.07) is 13.0. The molecule has 1 atom stereocenters. The van der Waals surface area contributed by atoms with E-state index in [0.29, 0.717) is 19.5 Å². The number of nitrogens with zero attached hydrogens (tertiary/aromatic N) is 1. The van der Waals surface area contributed by atoms with Gasteiger partial charge in [-0.05, 0) is 49.4 Å². The smallest absolute Gasteiger partial charge is 0.251 e. The summed E-state index contributed by atoms with van der Waals surface area (Å²) in [5, 5.41) is 5.80. The second-order valence-electron chi connectivity index (χ2n) is 8.61. The van der Waals surface area contributed by atoms with Crippen molar-refractivity contribution in [1.82, 2.24) is 14.9 Å². The summed E-state index contributed by atoms with van der Waals surface area (Å²) in [6.07, 6.45) is 4.80. The first-order chi connectivity index (χ1) is 15.8. The molecule has 1 heterocycles. The molecule has 0 bridgehead atoms. The first-order valence-electron chi connectivity index (χ1n) is 11.3. The molecule has 2 amide bonds. The van der Waals surface area contributed by atoms with Crippen molar-refractivity contribution in [3.63, 3.8) is 0 Å². The van der Waals surface area contributed by atoms with Crippen LogP contribution in [0.2, 0.25) is 5.02 Å². The maximum absolute atomic E-state index is 13.1. The van der Waals surface area contributed by atoms with Crippen LogP contribution in [0.15, 0.2) is 53.4 Å². The molecule has 1 saturated heterocycles. The van der Waals surface area contributed by atoms with Gasteiger partial charge >= 0.3 is 0 Å². The molecule has 0 aromatic heterocycles. The van der Waals surface area contributed by atoms with Crippen LogP contribution in [0.1, 0.15) is 48.0 Å². The Kier molecular flexibility index (Phi) is 7.36. The van der Waals surface area contributed by atoms with Gasteiger partial charge in [-0.2, -0.15) is 4.31 Å². The number of carbonyl (C=O) groups is 2. The molecule has 1 saturated carbocycles. The summed E-state index contributed by atoms with van der Waals surface area (Å²) in [6.45, 7) is 0.880. The molecule has 2 aromatic rings. The third-order valence-corrected chi connectivity index (χ3v) is 8.33. The van der Waals surface area contributed by atoms with E-state index < -0.39 is 22.0 Å². The summed E-state index contributed by atoms with van der Waals surface area (Å²) in [5.41, 5.74) is 1.06. The molecule has 2 aromatic carbocycles. The van der Waals surface area contributed by atoms with Gasteiger partial charge in [-0.1, -0.05) is 48.4 Å². The topological polar surface area (TPSA) is 95.6 Å². The van der Waals surface area contributed by atoms with Gasteiger partial charge in [-0.25, -0.2) is 8.42 Å². The number of benzene rings is 2. The second kappa shape index (κ2) is 10.2. The fraction of sp³-hybridized carbons (Fsp3) is 0.417. The number of rotatable bonds is 8. The fourth-order valence-electron chi connectivity index (χ4n) is 3.92. The van der Waals surface area contributed by atoms with Crippen molar-refractivity contribution >= 4 is 33.4 Å². The van der Waals surface area contributed by atoms with E-state index in [1.807, 2.05) is 30.3 Å². The molecule has 0 spiro atoms. The van der Waals surface area contributed by atoms with E-state index in [1.54, 1.807) is 0 Å². The van der Waals surface area contributed by atoms with Crippen LogP contribution in [0.3, 0.4) is 0 Å². The monoisotopic (exact) mass is 489 g/mol. The highest BCUT2D eigenvalue weighted by molar-refractivity contribution is 7.89. The number of piperidine rings is 1. The predicted octanol–water partition coefficient (Wildman–Crippen LogP) is 3.13. The molecule has 2 N–H and O–H groups in total. The standard InChI is InChI=1S/C24H28ClN3O4S/c25-20-12-9-18(16-22(20)33(31,32)28-13-5-2-6-14-28)23(29)27-21(24(30)26-19-10-11-19)15-17-7-3-1-4-8-17/h1,3-4,7-9,12,16,19,21H,2,5-6,10-11,13-15H2,(H,26,30)(H,27,29). The minimum Gasteiger partial charge on any atom is -0.352 e. The molecule has 2 aliphatic rings. The van der Waals surface area contributed by atoms with E-state index in [4.69, 9.17) is 11.6 Å². The summed E-state index contributed by atoms with van der Waals surface area (Å²) < 4.78 is 27.7. The van der Waals surface area contributed by atoms with Crippen LogP contribution in [0.4, 0.5) is 0 Å². The maximum Gasteiger partial charge on any atom is 0.251 e. The number of hydrogen-bond donors (Lipinski definition) is 2. The summed E-state index contributed by atoms with van der Waals surface area (Å²) in [7, 11) is -3.81. The van der Waals surface area contributed by atoms with Crippen LogP contribution in [0.5, 0.6) is 0 Å². The molecule has 9 heteroatoms. The SMILES string of the molecule is O=C(NC(Cc1ccccc1)C(=O)NC1CC1)c1ccc(Cl)c(S(=O)(=O)N2CCCCC2)c1. The van der Waals surface area contributed by atoms with Gasteiger partial charge in [0.2, 0.25) is 15.9 Å². The molecule has 0 radical (unpaired) electrons. The Labute approximate surface area is 199 Å². The zero-order valence-electron chi connectivity index (χ0n) is 18.3. The van der Waals surface area contributed by atoms with Crippen molar-refractivity contribution in [2.75, 3.05) is 13.1 Å². The molecule has 2 fully saturated rings. The summed E-state index contributed by atoms with van der Waals surface area (Å²) >= 11 is 6.23. The molecular weight excluding hydrogens is 462 g/mol. The Morgan fingerprint density at radius 1 is 1.03 bits per heavy atom. The van der Waals surface area contributed by atoms with Crippen molar-refractivity contribution in [2.45, 2.75) is 55.5 Å². The number of amides is 2. The lowest BCUT2D eigenvalue weighted by Gasteiger charge is -2.26. The summed E-state index contributed by atoms with van der Waals surface area (Å²) in [4.78, 5) is 25.8. The Morgan fingerprint density at radius 3 is 2.39 bits per heavy atom. The average molecular weight is 490 g/mol. The number of halogens is 1.